The molecule has 0 amide bonds. The van der Waals surface area contributed by atoms with E-state index in [0.29, 0.717) is 6.54 Å². The summed E-state index contributed by atoms with van der Waals surface area (Å²) in [5, 5.41) is 0. The second kappa shape index (κ2) is 5.00. The fourth-order valence-corrected chi connectivity index (χ4v) is 1.34. The Morgan fingerprint density at radius 3 is 2.31 bits per heavy atom. The highest BCUT2D eigenvalue weighted by Crippen LogP contribution is 2.08. The lowest BCUT2D eigenvalue weighted by atomic mass is 10.0. The molecule has 0 heterocycles. The number of hydrogen-bond acceptors (Lipinski definition) is 2. The first kappa shape index (κ1) is 10.2. The molecule has 0 spiro atoms. The maximum Gasteiger partial charge on any atom is 0.0180 e. The lowest BCUT2D eigenvalue weighted by Gasteiger charge is -2.11. The van der Waals surface area contributed by atoms with Crippen molar-refractivity contribution in [3.63, 3.8) is 0 Å². The summed E-state index contributed by atoms with van der Waals surface area (Å²) in [6.07, 6.45) is 1.08. The Morgan fingerprint density at radius 1 is 1.15 bits per heavy atom. The highest BCUT2D eigenvalue weighted by molar-refractivity contribution is 5.27. The van der Waals surface area contributed by atoms with E-state index in [1.807, 2.05) is 6.07 Å². The van der Waals surface area contributed by atoms with Crippen molar-refractivity contribution >= 4 is 0 Å². The average Bonchev–Trinajstić information content (AvgIpc) is 2.15. The number of benzene rings is 1. The van der Waals surface area contributed by atoms with Crippen LogP contribution in [-0.2, 0) is 13.0 Å². The van der Waals surface area contributed by atoms with E-state index in [0.717, 1.165) is 13.0 Å². The van der Waals surface area contributed by atoms with Crippen molar-refractivity contribution in [2.75, 3.05) is 20.6 Å². The Balaban J connectivity index is 2.64. The zero-order valence-corrected chi connectivity index (χ0v) is 8.46. The van der Waals surface area contributed by atoms with E-state index in [1.54, 1.807) is 0 Å². The maximum atomic E-state index is 5.64. The molecule has 0 aliphatic carbocycles. The number of likely N-dealkylation sites (N-methyl/N-ethyl adjacent to an activating group) is 1. The van der Waals surface area contributed by atoms with Crippen molar-refractivity contribution in [2.45, 2.75) is 13.0 Å². The molecule has 13 heavy (non-hydrogen) atoms. The number of nitrogens with zero attached hydrogens (tertiary/aromatic N) is 1. The van der Waals surface area contributed by atoms with E-state index in [2.05, 4.69) is 37.2 Å². The standard InChI is InChI=1S/C11H18N2/c1-13(2)8-7-10-5-3-4-6-11(10)9-12/h3-6H,7-9,12H2,1-2H3. The van der Waals surface area contributed by atoms with E-state index in [4.69, 9.17) is 5.73 Å². The molecule has 2 heteroatoms. The van der Waals surface area contributed by atoms with Gasteiger partial charge in [-0.3, -0.25) is 0 Å². The van der Waals surface area contributed by atoms with Crippen LogP contribution < -0.4 is 5.73 Å². The van der Waals surface area contributed by atoms with Crippen LogP contribution in [0.1, 0.15) is 11.1 Å². The van der Waals surface area contributed by atoms with Crippen LogP contribution in [0.3, 0.4) is 0 Å². The van der Waals surface area contributed by atoms with Crippen molar-refractivity contribution in [1.29, 1.82) is 0 Å². The van der Waals surface area contributed by atoms with Gasteiger partial charge in [0.15, 0.2) is 0 Å². The van der Waals surface area contributed by atoms with Crippen LogP contribution in [0, 0.1) is 0 Å². The fraction of sp³-hybridized carbons (Fsp3) is 0.455. The van der Waals surface area contributed by atoms with E-state index >= 15 is 0 Å². The molecule has 0 aromatic heterocycles. The molecular formula is C11H18N2. The SMILES string of the molecule is CN(C)CCc1ccccc1CN. The second-order valence-corrected chi connectivity index (χ2v) is 3.53. The van der Waals surface area contributed by atoms with Gasteiger partial charge in [0.1, 0.15) is 0 Å². The highest BCUT2D eigenvalue weighted by atomic mass is 15.0. The van der Waals surface area contributed by atoms with Crippen LogP contribution in [-0.4, -0.2) is 25.5 Å². The van der Waals surface area contributed by atoms with Gasteiger partial charge in [0.25, 0.3) is 0 Å². The topological polar surface area (TPSA) is 29.3 Å². The molecule has 1 aromatic carbocycles. The quantitative estimate of drug-likeness (QED) is 0.752. The summed E-state index contributed by atoms with van der Waals surface area (Å²) in [6, 6.07) is 8.38. The minimum absolute atomic E-state index is 0.642. The first-order valence-electron chi connectivity index (χ1n) is 4.65. The van der Waals surface area contributed by atoms with Gasteiger partial charge in [0.2, 0.25) is 0 Å². The second-order valence-electron chi connectivity index (χ2n) is 3.53. The first-order chi connectivity index (χ1) is 6.24. The van der Waals surface area contributed by atoms with Crippen LogP contribution in [0.15, 0.2) is 24.3 Å². The molecule has 0 atom stereocenters. The predicted molar refractivity (Wildman–Crippen MR) is 56.6 cm³/mol. The minimum Gasteiger partial charge on any atom is -0.326 e. The molecular weight excluding hydrogens is 160 g/mol. The molecule has 1 aromatic rings. The number of rotatable bonds is 4. The molecule has 0 aliphatic heterocycles. The van der Waals surface area contributed by atoms with Crippen LogP contribution in [0.4, 0.5) is 0 Å². The molecule has 2 N–H and O–H groups in total. The monoisotopic (exact) mass is 178 g/mol. The van der Waals surface area contributed by atoms with Gasteiger partial charge < -0.3 is 10.6 Å². The molecule has 0 fully saturated rings. The van der Waals surface area contributed by atoms with Crippen molar-refractivity contribution in [2.24, 2.45) is 5.73 Å². The van der Waals surface area contributed by atoms with Gasteiger partial charge in [-0.15, -0.1) is 0 Å². The highest BCUT2D eigenvalue weighted by Gasteiger charge is 1.99. The largest absolute Gasteiger partial charge is 0.326 e. The summed E-state index contributed by atoms with van der Waals surface area (Å²) in [5.41, 5.74) is 8.29. The van der Waals surface area contributed by atoms with Crippen LogP contribution >= 0.6 is 0 Å². The lowest BCUT2D eigenvalue weighted by Crippen LogP contribution is -2.16. The maximum absolute atomic E-state index is 5.64. The van der Waals surface area contributed by atoms with Gasteiger partial charge in [0.05, 0.1) is 0 Å². The predicted octanol–water partition coefficient (Wildman–Crippen LogP) is 1.25. The number of nitrogens with two attached hydrogens (primary N) is 1. The zero-order valence-electron chi connectivity index (χ0n) is 8.46. The van der Waals surface area contributed by atoms with Gasteiger partial charge in [-0.1, -0.05) is 24.3 Å². The Hall–Kier alpha value is -0.860. The van der Waals surface area contributed by atoms with Gasteiger partial charge in [0, 0.05) is 13.1 Å². The van der Waals surface area contributed by atoms with Gasteiger partial charge in [-0.2, -0.15) is 0 Å². The van der Waals surface area contributed by atoms with E-state index in [1.165, 1.54) is 11.1 Å². The van der Waals surface area contributed by atoms with E-state index < -0.39 is 0 Å². The third kappa shape index (κ3) is 3.17. The van der Waals surface area contributed by atoms with E-state index in [-0.39, 0.29) is 0 Å². The molecule has 0 radical (unpaired) electrons. The van der Waals surface area contributed by atoms with Crippen molar-refractivity contribution < 1.29 is 0 Å². The molecule has 0 unspecified atom stereocenters. The summed E-state index contributed by atoms with van der Waals surface area (Å²) in [6.45, 7) is 1.72. The van der Waals surface area contributed by atoms with E-state index in [9.17, 15) is 0 Å². The van der Waals surface area contributed by atoms with Crippen molar-refractivity contribution in [3.8, 4) is 0 Å². The smallest absolute Gasteiger partial charge is 0.0180 e. The molecule has 72 valence electrons. The summed E-state index contributed by atoms with van der Waals surface area (Å²) < 4.78 is 0. The van der Waals surface area contributed by atoms with Gasteiger partial charge in [-0.25, -0.2) is 0 Å². The summed E-state index contributed by atoms with van der Waals surface area (Å²) in [5.74, 6) is 0. The van der Waals surface area contributed by atoms with Gasteiger partial charge >= 0.3 is 0 Å². The molecule has 1 rings (SSSR count). The van der Waals surface area contributed by atoms with Crippen molar-refractivity contribution in [1.82, 2.24) is 4.90 Å². The average molecular weight is 178 g/mol. The Labute approximate surface area is 80.4 Å². The third-order valence-corrected chi connectivity index (χ3v) is 2.17. The van der Waals surface area contributed by atoms with Crippen LogP contribution in [0.25, 0.3) is 0 Å². The Kier molecular flexibility index (Phi) is 3.93. The molecule has 0 aliphatic rings. The summed E-state index contributed by atoms with van der Waals surface area (Å²) in [4.78, 5) is 2.19. The molecule has 2 nitrogen and oxygen atoms in total. The Morgan fingerprint density at radius 2 is 1.77 bits per heavy atom. The molecule has 0 bridgehead atoms. The minimum atomic E-state index is 0.642. The molecule has 0 saturated heterocycles. The Bertz CT molecular complexity index is 256. The first-order valence-corrected chi connectivity index (χ1v) is 4.65. The lowest BCUT2D eigenvalue weighted by molar-refractivity contribution is 0.413. The van der Waals surface area contributed by atoms with Crippen LogP contribution in [0.2, 0.25) is 0 Å². The fourth-order valence-electron chi connectivity index (χ4n) is 1.34. The van der Waals surface area contributed by atoms with Crippen molar-refractivity contribution in [3.05, 3.63) is 35.4 Å². The number of hydrogen-bond donors (Lipinski definition) is 1. The zero-order chi connectivity index (χ0) is 9.68. The van der Waals surface area contributed by atoms with Gasteiger partial charge in [-0.05, 0) is 31.6 Å². The third-order valence-electron chi connectivity index (χ3n) is 2.17. The van der Waals surface area contributed by atoms with Crippen LogP contribution in [0.5, 0.6) is 0 Å². The summed E-state index contributed by atoms with van der Waals surface area (Å²) in [7, 11) is 4.18. The normalized spacial score (nSPS) is 10.8. The molecule has 0 saturated carbocycles. The summed E-state index contributed by atoms with van der Waals surface area (Å²) >= 11 is 0.